The lowest BCUT2D eigenvalue weighted by Crippen LogP contribution is -2.41. The van der Waals surface area contributed by atoms with Gasteiger partial charge in [-0.05, 0) is 70.0 Å². The minimum atomic E-state index is -1.25. The van der Waals surface area contributed by atoms with Crippen molar-refractivity contribution in [2.45, 2.75) is 34.6 Å². The van der Waals surface area contributed by atoms with Crippen LogP contribution in [0.2, 0.25) is 0 Å². The Morgan fingerprint density at radius 2 is 1.54 bits per heavy atom. The number of para-hydroxylation sites is 2. The van der Waals surface area contributed by atoms with Crippen molar-refractivity contribution in [1.82, 2.24) is 0 Å². The van der Waals surface area contributed by atoms with Gasteiger partial charge in [0.15, 0.2) is 0 Å². The maximum Gasteiger partial charge on any atom is 0.239 e. The van der Waals surface area contributed by atoms with Crippen molar-refractivity contribution in [2.24, 2.45) is 5.41 Å². The molecule has 0 aromatic heterocycles. The van der Waals surface area contributed by atoms with E-state index in [4.69, 9.17) is 4.74 Å². The number of ether oxygens (including phenoxy) is 1. The number of hydrogen-bond donors (Lipinski definition) is 2. The number of amides is 2. The van der Waals surface area contributed by atoms with Crippen LogP contribution in [0.5, 0.6) is 5.75 Å². The fourth-order valence-electron chi connectivity index (χ4n) is 2.57. The zero-order chi connectivity index (χ0) is 19.3. The lowest BCUT2D eigenvalue weighted by atomic mass is 9.90. The Morgan fingerprint density at radius 3 is 2.15 bits per heavy atom. The molecular weight excluding hydrogens is 328 g/mol. The molecule has 0 bridgehead atoms. The van der Waals surface area contributed by atoms with Crippen molar-refractivity contribution in [2.75, 3.05) is 17.2 Å². The zero-order valence-corrected chi connectivity index (χ0v) is 16.0. The molecule has 2 N–H and O–H groups in total. The van der Waals surface area contributed by atoms with Gasteiger partial charge in [-0.2, -0.15) is 0 Å². The Balaban J connectivity index is 2.15. The Labute approximate surface area is 154 Å². The summed E-state index contributed by atoms with van der Waals surface area (Å²) in [5, 5.41) is 5.64. The highest BCUT2D eigenvalue weighted by Gasteiger charge is 2.36. The van der Waals surface area contributed by atoms with Crippen LogP contribution in [0, 0.1) is 19.3 Å². The van der Waals surface area contributed by atoms with E-state index in [9.17, 15) is 9.59 Å². The summed E-state index contributed by atoms with van der Waals surface area (Å²) in [6.45, 7) is 9.49. The first-order chi connectivity index (χ1) is 12.2. The van der Waals surface area contributed by atoms with Gasteiger partial charge >= 0.3 is 0 Å². The van der Waals surface area contributed by atoms with E-state index in [1.807, 2.05) is 45.0 Å². The van der Waals surface area contributed by atoms with Crippen molar-refractivity contribution >= 4 is 23.2 Å². The van der Waals surface area contributed by atoms with Gasteiger partial charge in [-0.3, -0.25) is 9.59 Å². The van der Waals surface area contributed by atoms with Crippen LogP contribution in [0.1, 0.15) is 31.9 Å². The van der Waals surface area contributed by atoms with Crippen molar-refractivity contribution in [3.63, 3.8) is 0 Å². The lowest BCUT2D eigenvalue weighted by Gasteiger charge is -2.23. The summed E-state index contributed by atoms with van der Waals surface area (Å²) >= 11 is 0. The summed E-state index contributed by atoms with van der Waals surface area (Å²) in [5.41, 5.74) is 2.08. The molecular formula is C21H26N2O3. The first-order valence-electron chi connectivity index (χ1n) is 8.67. The Bertz CT molecular complexity index is 792. The molecule has 0 aliphatic rings. The molecule has 0 saturated heterocycles. The number of benzene rings is 2. The molecule has 0 aliphatic carbocycles. The third-order valence-corrected chi connectivity index (χ3v) is 4.05. The van der Waals surface area contributed by atoms with Crippen molar-refractivity contribution < 1.29 is 14.3 Å². The second-order valence-electron chi connectivity index (χ2n) is 6.84. The molecule has 0 aliphatic heterocycles. The minimum Gasteiger partial charge on any atom is -0.492 e. The zero-order valence-electron chi connectivity index (χ0n) is 16.0. The molecule has 2 aromatic rings. The quantitative estimate of drug-likeness (QED) is 0.760. The van der Waals surface area contributed by atoms with Gasteiger partial charge < -0.3 is 15.4 Å². The van der Waals surface area contributed by atoms with E-state index in [0.29, 0.717) is 23.7 Å². The number of hydrogen-bond acceptors (Lipinski definition) is 3. The van der Waals surface area contributed by atoms with Gasteiger partial charge in [-0.1, -0.05) is 18.2 Å². The van der Waals surface area contributed by atoms with Gasteiger partial charge in [0.2, 0.25) is 11.8 Å². The summed E-state index contributed by atoms with van der Waals surface area (Å²) in [7, 11) is 0. The molecule has 0 unspecified atom stereocenters. The summed E-state index contributed by atoms with van der Waals surface area (Å²) < 4.78 is 5.52. The van der Waals surface area contributed by atoms with Crippen LogP contribution in [0.25, 0.3) is 0 Å². The molecule has 2 amide bonds. The van der Waals surface area contributed by atoms with Crippen molar-refractivity contribution in [3.05, 3.63) is 53.6 Å². The molecule has 0 saturated carbocycles. The average molecular weight is 354 g/mol. The number of aryl methyl sites for hydroxylation is 2. The van der Waals surface area contributed by atoms with Gasteiger partial charge in [0.05, 0.1) is 12.3 Å². The maximum absolute atomic E-state index is 12.7. The van der Waals surface area contributed by atoms with Crippen LogP contribution in [-0.4, -0.2) is 18.4 Å². The first-order valence-corrected chi connectivity index (χ1v) is 8.67. The maximum atomic E-state index is 12.7. The van der Waals surface area contributed by atoms with Crippen LogP contribution < -0.4 is 15.4 Å². The van der Waals surface area contributed by atoms with Crippen LogP contribution in [0.3, 0.4) is 0 Å². The van der Waals surface area contributed by atoms with Crippen LogP contribution in [0.15, 0.2) is 42.5 Å². The van der Waals surface area contributed by atoms with Crippen LogP contribution in [-0.2, 0) is 9.59 Å². The first kappa shape index (κ1) is 19.5. The fraction of sp³-hybridized carbons (Fsp3) is 0.333. The number of nitrogens with one attached hydrogen (secondary N) is 2. The van der Waals surface area contributed by atoms with Gasteiger partial charge in [0, 0.05) is 5.69 Å². The van der Waals surface area contributed by atoms with Gasteiger partial charge in [0.25, 0.3) is 0 Å². The molecule has 5 nitrogen and oxygen atoms in total. The summed E-state index contributed by atoms with van der Waals surface area (Å²) in [4.78, 5) is 25.4. The van der Waals surface area contributed by atoms with Crippen molar-refractivity contribution in [3.8, 4) is 5.75 Å². The number of carbonyl (C=O) groups is 2. The molecule has 138 valence electrons. The van der Waals surface area contributed by atoms with E-state index < -0.39 is 11.3 Å². The van der Waals surface area contributed by atoms with E-state index in [2.05, 4.69) is 10.6 Å². The highest BCUT2D eigenvalue weighted by molar-refractivity contribution is 6.14. The van der Waals surface area contributed by atoms with E-state index in [1.165, 1.54) is 0 Å². The molecule has 2 rings (SSSR count). The minimum absolute atomic E-state index is 0.367. The lowest BCUT2D eigenvalue weighted by molar-refractivity contribution is -0.135. The van der Waals surface area contributed by atoms with E-state index in [-0.39, 0.29) is 5.91 Å². The molecule has 0 fully saturated rings. The topological polar surface area (TPSA) is 67.4 Å². The summed E-state index contributed by atoms with van der Waals surface area (Å²) in [6.07, 6.45) is 0. The fourth-order valence-corrected chi connectivity index (χ4v) is 2.57. The molecule has 5 heteroatoms. The Hall–Kier alpha value is -2.82. The molecule has 0 atom stereocenters. The second-order valence-corrected chi connectivity index (χ2v) is 6.84. The van der Waals surface area contributed by atoms with Gasteiger partial charge in [0.1, 0.15) is 11.2 Å². The molecule has 2 aromatic carbocycles. The van der Waals surface area contributed by atoms with Gasteiger partial charge in [-0.25, -0.2) is 0 Å². The number of rotatable bonds is 6. The van der Waals surface area contributed by atoms with E-state index in [1.54, 1.807) is 32.0 Å². The van der Waals surface area contributed by atoms with E-state index >= 15 is 0 Å². The predicted molar refractivity (Wildman–Crippen MR) is 105 cm³/mol. The number of anilines is 2. The molecule has 0 heterocycles. The SMILES string of the molecule is CCOc1ccccc1NC(=O)C(C)(C)C(=O)Nc1cc(C)cc(C)c1. The van der Waals surface area contributed by atoms with Crippen molar-refractivity contribution in [1.29, 1.82) is 0 Å². The van der Waals surface area contributed by atoms with E-state index in [0.717, 1.165) is 11.1 Å². The highest BCUT2D eigenvalue weighted by Crippen LogP contribution is 2.27. The Kier molecular flexibility index (Phi) is 6.03. The van der Waals surface area contributed by atoms with Gasteiger partial charge in [-0.15, -0.1) is 0 Å². The number of carbonyl (C=O) groups excluding carboxylic acids is 2. The highest BCUT2D eigenvalue weighted by atomic mass is 16.5. The summed E-state index contributed by atoms with van der Waals surface area (Å²) in [6, 6.07) is 13.0. The standard InChI is InChI=1S/C21H26N2O3/c1-6-26-18-10-8-7-9-17(18)23-20(25)21(4,5)19(24)22-16-12-14(2)11-15(3)13-16/h7-13H,6H2,1-5H3,(H,22,24)(H,23,25). The molecule has 0 radical (unpaired) electrons. The third kappa shape index (κ3) is 4.63. The molecule has 26 heavy (non-hydrogen) atoms. The third-order valence-electron chi connectivity index (χ3n) is 4.05. The smallest absolute Gasteiger partial charge is 0.239 e. The average Bonchev–Trinajstić information content (AvgIpc) is 2.55. The predicted octanol–water partition coefficient (Wildman–Crippen LogP) is 4.31. The monoisotopic (exact) mass is 354 g/mol. The van der Waals surface area contributed by atoms with Crippen LogP contribution in [0.4, 0.5) is 11.4 Å². The normalized spacial score (nSPS) is 11.0. The van der Waals surface area contributed by atoms with Crippen LogP contribution >= 0.6 is 0 Å². The second kappa shape index (κ2) is 8.04. The summed E-state index contributed by atoms with van der Waals surface area (Å²) in [5.74, 6) is -0.186. The largest absolute Gasteiger partial charge is 0.492 e. The molecule has 0 spiro atoms. The Morgan fingerprint density at radius 1 is 0.962 bits per heavy atom.